The zero-order chi connectivity index (χ0) is 15.9. The fraction of sp³-hybridized carbons (Fsp3) is 0.625. The van der Waals surface area contributed by atoms with Gasteiger partial charge in [0.2, 0.25) is 0 Å². The van der Waals surface area contributed by atoms with Gasteiger partial charge in [0.25, 0.3) is 0 Å². The van der Waals surface area contributed by atoms with Crippen LogP contribution in [0.15, 0.2) is 22.3 Å². The first-order valence-electron chi connectivity index (χ1n) is 7.76. The average Bonchev–Trinajstić information content (AvgIpc) is 2.95. The Hall–Kier alpha value is -0.906. The van der Waals surface area contributed by atoms with Crippen LogP contribution < -0.4 is 5.11 Å². The Bertz CT molecular complexity index is 473. The second kappa shape index (κ2) is 8.65. The molecular weight excluding hydrogens is 320 g/mol. The van der Waals surface area contributed by atoms with Gasteiger partial charge in [0, 0.05) is 0 Å². The third-order valence-corrected chi connectivity index (χ3v) is 7.60. The second-order valence-electron chi connectivity index (χ2n) is 5.66. The van der Waals surface area contributed by atoms with Gasteiger partial charge in [-0.2, -0.15) is 7.11 Å². The molecule has 0 aromatic carbocycles. The Balaban J connectivity index is 0.000000847. The SMILES string of the molecule is C[O-].O=C[O][Ti+]([O]C=O)[CH]1CCCC2=C1CC1=C2CCCC1. The number of carbonyl (C=O) groups excluding carboxylic acids is 2. The number of allylic oxidation sites excluding steroid dienone is 4. The van der Waals surface area contributed by atoms with Crippen molar-refractivity contribution in [3.8, 4) is 0 Å². The Morgan fingerprint density at radius 1 is 1.00 bits per heavy atom. The minimum atomic E-state index is -2.57. The first-order chi connectivity index (χ1) is 10.8. The molecule has 0 fully saturated rings. The second-order valence-corrected chi connectivity index (χ2v) is 8.48. The average molecular weight is 342 g/mol. The normalized spacial score (nSPS) is 22.9. The monoisotopic (exact) mass is 342 g/mol. The van der Waals surface area contributed by atoms with Gasteiger partial charge in [-0.3, -0.25) is 0 Å². The van der Waals surface area contributed by atoms with Crippen molar-refractivity contribution >= 4 is 12.9 Å². The van der Waals surface area contributed by atoms with Crippen LogP contribution in [0, 0.1) is 0 Å². The summed E-state index contributed by atoms with van der Waals surface area (Å²) in [7, 11) is 0.750. The van der Waals surface area contributed by atoms with Crippen molar-refractivity contribution in [2.45, 2.75) is 55.6 Å². The molecule has 0 heterocycles. The van der Waals surface area contributed by atoms with Gasteiger partial charge in [0.15, 0.2) is 0 Å². The molecule has 0 saturated carbocycles. The van der Waals surface area contributed by atoms with Crippen LogP contribution in [0.1, 0.15) is 51.4 Å². The Labute approximate surface area is 138 Å². The van der Waals surface area contributed by atoms with Crippen LogP contribution in [0.4, 0.5) is 0 Å². The van der Waals surface area contributed by atoms with Crippen LogP contribution in [-0.2, 0) is 34.9 Å². The van der Waals surface area contributed by atoms with Crippen LogP contribution in [0.3, 0.4) is 0 Å². The third kappa shape index (κ3) is 3.53. The summed E-state index contributed by atoms with van der Waals surface area (Å²) in [5.41, 5.74) is 6.14. The molecule has 1 atom stereocenters. The zero-order valence-electron chi connectivity index (χ0n) is 12.9. The van der Waals surface area contributed by atoms with E-state index in [1.165, 1.54) is 36.8 Å². The fourth-order valence-electron chi connectivity index (χ4n) is 3.91. The van der Waals surface area contributed by atoms with Crippen LogP contribution >= 0.6 is 0 Å². The van der Waals surface area contributed by atoms with Crippen molar-refractivity contribution in [1.29, 1.82) is 0 Å². The number of carbonyl (C=O) groups is 2. The number of rotatable bonds is 5. The maximum absolute atomic E-state index is 10.7. The molecule has 5 nitrogen and oxygen atoms in total. The maximum atomic E-state index is 10.7. The van der Waals surface area contributed by atoms with Gasteiger partial charge < -0.3 is 5.11 Å². The van der Waals surface area contributed by atoms with Crippen LogP contribution in [0.2, 0.25) is 4.22 Å². The summed E-state index contributed by atoms with van der Waals surface area (Å²) in [6.07, 6.45) is 9.31. The predicted molar refractivity (Wildman–Crippen MR) is 75.0 cm³/mol. The summed E-state index contributed by atoms with van der Waals surface area (Å²) in [5, 5.41) is 8.25. The van der Waals surface area contributed by atoms with E-state index in [-0.39, 0.29) is 4.22 Å². The fourth-order valence-corrected chi connectivity index (χ4v) is 6.37. The first-order valence-corrected chi connectivity index (χ1v) is 9.94. The topological polar surface area (TPSA) is 75.7 Å². The Morgan fingerprint density at radius 2 is 1.64 bits per heavy atom. The van der Waals surface area contributed by atoms with E-state index in [0.29, 0.717) is 12.9 Å². The van der Waals surface area contributed by atoms with E-state index in [4.69, 9.17) is 11.7 Å². The molecule has 0 spiro atoms. The van der Waals surface area contributed by atoms with Gasteiger partial charge in [-0.15, -0.1) is 0 Å². The van der Waals surface area contributed by atoms with E-state index in [9.17, 15) is 9.59 Å². The van der Waals surface area contributed by atoms with E-state index in [1.54, 1.807) is 11.1 Å². The van der Waals surface area contributed by atoms with Crippen molar-refractivity contribution in [2.24, 2.45) is 0 Å². The summed E-state index contributed by atoms with van der Waals surface area (Å²) in [4.78, 5) is 21.3. The first kappa shape index (κ1) is 17.4. The molecule has 0 saturated heterocycles. The van der Waals surface area contributed by atoms with Crippen LogP contribution in [-0.4, -0.2) is 20.1 Å². The Kier molecular flexibility index (Phi) is 6.86. The molecule has 6 heteroatoms. The Morgan fingerprint density at radius 3 is 2.32 bits per heavy atom. The van der Waals surface area contributed by atoms with Crippen molar-refractivity contribution in [2.75, 3.05) is 7.11 Å². The summed E-state index contributed by atoms with van der Waals surface area (Å²) in [6, 6.07) is 0. The minimum absolute atomic E-state index is 0.208. The molecule has 0 aromatic heterocycles. The predicted octanol–water partition coefficient (Wildman–Crippen LogP) is 2.30. The summed E-state index contributed by atoms with van der Waals surface area (Å²) in [5.74, 6) is 0. The molecule has 3 aliphatic carbocycles. The van der Waals surface area contributed by atoms with Gasteiger partial charge in [-0.1, -0.05) is 0 Å². The van der Waals surface area contributed by atoms with Gasteiger partial charge in [0.1, 0.15) is 0 Å². The van der Waals surface area contributed by atoms with E-state index in [0.717, 1.165) is 32.8 Å². The van der Waals surface area contributed by atoms with E-state index >= 15 is 0 Å². The molecule has 3 aliphatic rings. The molecule has 22 heavy (non-hydrogen) atoms. The van der Waals surface area contributed by atoms with Gasteiger partial charge >= 0.3 is 126 Å². The summed E-state index contributed by atoms with van der Waals surface area (Å²) >= 11 is -2.57. The van der Waals surface area contributed by atoms with Gasteiger partial charge in [-0.05, 0) is 0 Å². The standard InChI is InChI=1S/C13H17.2CH2O2.CH3O.Ti/c1-3-7-12-10(5-1)9-11-6-2-4-8-13(11)12;2*2-1-3;1-2;/h5H,1-4,6-9H2;2*1H,(H,2,3);1H3;/q;;;-1;+3/p-2. The molecule has 0 bridgehead atoms. The van der Waals surface area contributed by atoms with E-state index in [2.05, 4.69) is 0 Å². The van der Waals surface area contributed by atoms with Crippen molar-refractivity contribution in [3.05, 3.63) is 22.3 Å². The summed E-state index contributed by atoms with van der Waals surface area (Å²) in [6.45, 7) is 0.909. The zero-order valence-corrected chi connectivity index (χ0v) is 14.5. The molecule has 3 rings (SSSR count). The molecule has 1 unspecified atom stereocenters. The molecule has 0 radical (unpaired) electrons. The van der Waals surface area contributed by atoms with Crippen molar-refractivity contribution in [3.63, 3.8) is 0 Å². The molecule has 0 amide bonds. The van der Waals surface area contributed by atoms with Crippen LogP contribution in [0.5, 0.6) is 0 Å². The van der Waals surface area contributed by atoms with E-state index in [1.807, 2.05) is 0 Å². The molecule has 0 N–H and O–H groups in total. The third-order valence-electron chi connectivity index (χ3n) is 4.69. The van der Waals surface area contributed by atoms with E-state index < -0.39 is 18.6 Å². The quantitative estimate of drug-likeness (QED) is 0.566. The number of fused-ring (bicyclic) bond motifs is 1. The molecule has 0 aromatic rings. The molecular formula is C16H22O5Ti. The van der Waals surface area contributed by atoms with Gasteiger partial charge in [0.05, 0.1) is 0 Å². The number of hydrogen-bond acceptors (Lipinski definition) is 5. The molecule has 120 valence electrons. The van der Waals surface area contributed by atoms with Gasteiger partial charge in [-0.25, -0.2) is 0 Å². The molecule has 0 aliphatic heterocycles. The van der Waals surface area contributed by atoms with Crippen LogP contribution in [0.25, 0.3) is 0 Å². The summed E-state index contributed by atoms with van der Waals surface area (Å²) < 4.78 is 10.5. The van der Waals surface area contributed by atoms with Crippen molar-refractivity contribution in [1.82, 2.24) is 0 Å². The van der Waals surface area contributed by atoms with Crippen molar-refractivity contribution < 1.29 is 40.0 Å². The number of hydrogen-bond donors (Lipinski definition) is 0.